The Morgan fingerprint density at radius 1 is 1.04 bits per heavy atom. The summed E-state index contributed by atoms with van der Waals surface area (Å²) in [5.74, 6) is -0.625. The van der Waals surface area contributed by atoms with E-state index >= 15 is 0 Å². The number of hydrogen-bond acceptors (Lipinski definition) is 4. The molecular weight excluding hydrogens is 338 g/mol. The van der Waals surface area contributed by atoms with Crippen LogP contribution in [0.4, 0.5) is 9.59 Å². The normalized spacial score (nSPS) is 22.3. The lowest BCUT2D eigenvalue weighted by atomic mass is 9.94. The maximum atomic E-state index is 12.8. The van der Waals surface area contributed by atoms with E-state index in [-0.39, 0.29) is 30.5 Å². The lowest BCUT2D eigenvalue weighted by Crippen LogP contribution is -2.59. The van der Waals surface area contributed by atoms with E-state index in [1.807, 2.05) is 27.7 Å². The maximum absolute atomic E-state index is 12.8. The Morgan fingerprint density at radius 3 is 2.15 bits per heavy atom. The number of amides is 3. The van der Waals surface area contributed by atoms with Crippen LogP contribution >= 0.6 is 0 Å². The highest BCUT2D eigenvalue weighted by Gasteiger charge is 2.35. The van der Waals surface area contributed by atoms with Crippen LogP contribution in [0.2, 0.25) is 0 Å². The average molecular weight is 369 g/mol. The fraction of sp³-hybridized carbons (Fsp3) is 0.833. The molecule has 8 nitrogen and oxygen atoms in total. The first-order valence-corrected chi connectivity index (χ1v) is 9.32. The molecule has 0 aromatic heterocycles. The van der Waals surface area contributed by atoms with Gasteiger partial charge in [-0.05, 0) is 46.5 Å². The molecule has 2 fully saturated rings. The number of rotatable bonds is 2. The average Bonchev–Trinajstić information content (AvgIpc) is 2.52. The zero-order valence-electron chi connectivity index (χ0n) is 16.2. The van der Waals surface area contributed by atoms with Gasteiger partial charge in [-0.15, -0.1) is 0 Å². The van der Waals surface area contributed by atoms with Crippen LogP contribution in [0.5, 0.6) is 0 Å². The first kappa shape index (κ1) is 20.3. The molecule has 0 saturated carbocycles. The Hall–Kier alpha value is -1.99. The number of aliphatic carboxylic acids is 1. The topological polar surface area (TPSA) is 90.4 Å². The predicted molar refractivity (Wildman–Crippen MR) is 95.9 cm³/mol. The highest BCUT2D eigenvalue weighted by atomic mass is 16.6. The molecule has 1 atom stereocenters. The summed E-state index contributed by atoms with van der Waals surface area (Å²) in [5.41, 5.74) is -0.534. The number of urea groups is 1. The second-order valence-electron chi connectivity index (χ2n) is 8.28. The molecule has 0 aromatic rings. The quantitative estimate of drug-likeness (QED) is 0.806. The standard InChI is InChI=1S/C18H31N3O5/c1-13-12-20(17(25)26-18(2,3)4)9-10-21(13)16(24)19-7-5-14(6-8-19)11-15(22)23/h13-14H,5-12H2,1-4H3,(H,22,23). The Kier molecular flexibility index (Phi) is 6.36. The third kappa shape index (κ3) is 5.51. The number of nitrogens with zero attached hydrogens (tertiary/aromatic N) is 3. The van der Waals surface area contributed by atoms with Gasteiger partial charge >= 0.3 is 18.1 Å². The van der Waals surface area contributed by atoms with Crippen molar-refractivity contribution in [3.05, 3.63) is 0 Å². The van der Waals surface area contributed by atoms with Gasteiger partial charge in [0.05, 0.1) is 0 Å². The minimum absolute atomic E-state index is 0.0184. The smallest absolute Gasteiger partial charge is 0.410 e. The summed E-state index contributed by atoms with van der Waals surface area (Å²) < 4.78 is 5.41. The SMILES string of the molecule is CC1CN(C(=O)OC(C)(C)C)CCN1C(=O)N1CCC(CC(=O)O)CC1. The van der Waals surface area contributed by atoms with Crippen molar-refractivity contribution in [3.63, 3.8) is 0 Å². The molecule has 1 unspecified atom stereocenters. The summed E-state index contributed by atoms with van der Waals surface area (Å²) in [7, 11) is 0. The molecule has 8 heteroatoms. The number of piperazine rings is 1. The minimum Gasteiger partial charge on any atom is -0.481 e. The molecule has 3 amide bonds. The number of carboxylic acids is 1. The van der Waals surface area contributed by atoms with Gasteiger partial charge in [0.15, 0.2) is 0 Å². The third-order valence-electron chi connectivity index (χ3n) is 4.87. The Balaban J connectivity index is 1.84. The second-order valence-corrected chi connectivity index (χ2v) is 8.28. The van der Waals surface area contributed by atoms with Crippen molar-refractivity contribution in [1.82, 2.24) is 14.7 Å². The van der Waals surface area contributed by atoms with Crippen LogP contribution < -0.4 is 0 Å². The largest absolute Gasteiger partial charge is 0.481 e. The number of piperidine rings is 1. The monoisotopic (exact) mass is 369 g/mol. The zero-order chi connectivity index (χ0) is 19.5. The van der Waals surface area contributed by atoms with E-state index in [9.17, 15) is 14.4 Å². The molecule has 1 N–H and O–H groups in total. The molecule has 148 valence electrons. The van der Waals surface area contributed by atoms with Crippen LogP contribution in [0.3, 0.4) is 0 Å². The second kappa shape index (κ2) is 8.14. The number of likely N-dealkylation sites (tertiary alicyclic amines) is 1. The Morgan fingerprint density at radius 2 is 1.65 bits per heavy atom. The molecule has 2 heterocycles. The molecular formula is C18H31N3O5. The van der Waals surface area contributed by atoms with Crippen LogP contribution in [0.15, 0.2) is 0 Å². The van der Waals surface area contributed by atoms with Crippen molar-refractivity contribution in [3.8, 4) is 0 Å². The van der Waals surface area contributed by atoms with Crippen molar-refractivity contribution in [2.45, 2.75) is 58.6 Å². The van der Waals surface area contributed by atoms with E-state index in [2.05, 4.69) is 0 Å². The van der Waals surface area contributed by atoms with Crippen LogP contribution in [0.25, 0.3) is 0 Å². The number of carbonyl (C=O) groups excluding carboxylic acids is 2. The predicted octanol–water partition coefficient (Wildman–Crippen LogP) is 2.23. The van der Waals surface area contributed by atoms with Crippen LogP contribution in [-0.4, -0.2) is 82.3 Å². The first-order valence-electron chi connectivity index (χ1n) is 9.32. The first-order chi connectivity index (χ1) is 12.1. The molecule has 2 saturated heterocycles. The van der Waals surface area contributed by atoms with Crippen LogP contribution in [0, 0.1) is 5.92 Å². The fourth-order valence-electron chi connectivity index (χ4n) is 3.49. The van der Waals surface area contributed by atoms with Gasteiger partial charge < -0.3 is 24.5 Å². The lowest BCUT2D eigenvalue weighted by Gasteiger charge is -2.43. The van der Waals surface area contributed by atoms with E-state index in [1.165, 1.54) is 0 Å². The summed E-state index contributed by atoms with van der Waals surface area (Å²) in [5, 5.41) is 8.89. The maximum Gasteiger partial charge on any atom is 0.410 e. The highest BCUT2D eigenvalue weighted by Crippen LogP contribution is 2.23. The Bertz CT molecular complexity index is 537. The molecule has 2 aliphatic heterocycles. The summed E-state index contributed by atoms with van der Waals surface area (Å²) in [6.07, 6.45) is 1.28. The van der Waals surface area contributed by atoms with E-state index < -0.39 is 11.6 Å². The van der Waals surface area contributed by atoms with Gasteiger partial charge in [-0.2, -0.15) is 0 Å². The summed E-state index contributed by atoms with van der Waals surface area (Å²) in [4.78, 5) is 41.1. The number of carbonyl (C=O) groups is 3. The van der Waals surface area contributed by atoms with Gasteiger partial charge in [0.25, 0.3) is 0 Å². The molecule has 0 spiro atoms. The van der Waals surface area contributed by atoms with Crippen molar-refractivity contribution >= 4 is 18.1 Å². The molecule has 0 bridgehead atoms. The van der Waals surface area contributed by atoms with Crippen LogP contribution in [-0.2, 0) is 9.53 Å². The molecule has 0 aromatic carbocycles. The van der Waals surface area contributed by atoms with Gasteiger partial charge in [-0.1, -0.05) is 0 Å². The van der Waals surface area contributed by atoms with Gasteiger partial charge in [0.1, 0.15) is 5.60 Å². The van der Waals surface area contributed by atoms with Gasteiger partial charge in [0.2, 0.25) is 0 Å². The van der Waals surface area contributed by atoms with Gasteiger partial charge in [-0.25, -0.2) is 9.59 Å². The lowest BCUT2D eigenvalue weighted by molar-refractivity contribution is -0.138. The van der Waals surface area contributed by atoms with Crippen molar-refractivity contribution in [2.24, 2.45) is 5.92 Å². The van der Waals surface area contributed by atoms with E-state index in [1.54, 1.807) is 14.7 Å². The molecule has 26 heavy (non-hydrogen) atoms. The van der Waals surface area contributed by atoms with E-state index in [0.29, 0.717) is 32.7 Å². The van der Waals surface area contributed by atoms with Gasteiger partial charge in [-0.3, -0.25) is 4.79 Å². The van der Waals surface area contributed by atoms with Crippen molar-refractivity contribution in [1.29, 1.82) is 0 Å². The van der Waals surface area contributed by atoms with Gasteiger partial charge in [0, 0.05) is 45.2 Å². The van der Waals surface area contributed by atoms with Crippen molar-refractivity contribution < 1.29 is 24.2 Å². The number of carboxylic acid groups (broad SMARTS) is 1. The number of hydrogen-bond donors (Lipinski definition) is 1. The summed E-state index contributed by atoms with van der Waals surface area (Å²) in [6.45, 7) is 10.0. The summed E-state index contributed by atoms with van der Waals surface area (Å²) >= 11 is 0. The molecule has 0 aliphatic carbocycles. The third-order valence-corrected chi connectivity index (χ3v) is 4.87. The van der Waals surface area contributed by atoms with E-state index in [0.717, 1.165) is 12.8 Å². The minimum atomic E-state index is -0.776. The zero-order valence-corrected chi connectivity index (χ0v) is 16.2. The molecule has 0 radical (unpaired) electrons. The van der Waals surface area contributed by atoms with Crippen molar-refractivity contribution in [2.75, 3.05) is 32.7 Å². The summed E-state index contributed by atoms with van der Waals surface area (Å²) in [6, 6.07) is -0.101. The van der Waals surface area contributed by atoms with E-state index in [4.69, 9.17) is 9.84 Å². The fourth-order valence-corrected chi connectivity index (χ4v) is 3.49. The van der Waals surface area contributed by atoms with Crippen LogP contribution in [0.1, 0.15) is 47.0 Å². The Labute approximate surface area is 155 Å². The molecule has 2 rings (SSSR count). The molecule has 2 aliphatic rings. The number of ether oxygens (including phenoxy) is 1. The highest BCUT2D eigenvalue weighted by molar-refractivity contribution is 5.76.